The highest BCUT2D eigenvalue weighted by Crippen LogP contribution is 2.33. The van der Waals surface area contributed by atoms with Gasteiger partial charge in [0.2, 0.25) is 0 Å². The molecule has 0 aromatic heterocycles. The Balaban J connectivity index is 1.74. The lowest BCUT2D eigenvalue weighted by atomic mass is 9.84. The number of rotatable bonds is 3. The molecular weight excluding hydrogens is 381 g/mol. The third-order valence-electron chi connectivity index (χ3n) is 4.97. The highest BCUT2D eigenvalue weighted by molar-refractivity contribution is 5.78. The first kappa shape index (κ1) is 20.2. The Hall–Kier alpha value is -2.49. The molecule has 1 aromatic rings. The van der Waals surface area contributed by atoms with Crippen LogP contribution in [-0.4, -0.2) is 72.7 Å². The number of alkyl halides is 3. The maximum absolute atomic E-state index is 12.6. The lowest BCUT2D eigenvalue weighted by Gasteiger charge is -2.43. The zero-order chi connectivity index (χ0) is 20.5. The first-order valence-corrected chi connectivity index (χ1v) is 8.81. The van der Waals surface area contributed by atoms with Gasteiger partial charge in [-0.15, -0.1) is 13.2 Å². The van der Waals surface area contributed by atoms with Gasteiger partial charge in [-0.1, -0.05) is 12.1 Å². The summed E-state index contributed by atoms with van der Waals surface area (Å²) >= 11 is 0. The van der Waals surface area contributed by atoms with Gasteiger partial charge in [-0.25, -0.2) is 4.79 Å². The van der Waals surface area contributed by atoms with Gasteiger partial charge in [0.1, 0.15) is 5.75 Å². The van der Waals surface area contributed by atoms with E-state index in [1.54, 1.807) is 0 Å². The van der Waals surface area contributed by atoms with Crippen LogP contribution in [0.1, 0.15) is 17.9 Å². The van der Waals surface area contributed by atoms with E-state index in [1.165, 1.54) is 41.2 Å². The summed E-state index contributed by atoms with van der Waals surface area (Å²) in [5.41, 5.74) is 0.699. The van der Waals surface area contributed by atoms with E-state index >= 15 is 0 Å². The first-order valence-electron chi connectivity index (χ1n) is 8.81. The number of halogens is 3. The van der Waals surface area contributed by atoms with Gasteiger partial charge in [0, 0.05) is 19.0 Å². The Morgan fingerprint density at radius 3 is 2.21 bits per heavy atom. The van der Waals surface area contributed by atoms with Gasteiger partial charge in [-0.05, 0) is 24.1 Å². The Labute approximate surface area is 159 Å². The molecule has 2 fully saturated rings. The number of nitrogens with zero attached hydrogens (tertiary/aromatic N) is 2. The quantitative estimate of drug-likeness (QED) is 0.782. The Morgan fingerprint density at radius 1 is 1.07 bits per heavy atom. The maximum Gasteiger partial charge on any atom is 0.573 e. The fourth-order valence-electron chi connectivity index (χ4n) is 3.59. The molecule has 0 radical (unpaired) electrons. The molecule has 7 nitrogen and oxygen atoms in total. The predicted molar refractivity (Wildman–Crippen MR) is 90.5 cm³/mol. The van der Waals surface area contributed by atoms with Crippen molar-refractivity contribution in [3.8, 4) is 5.75 Å². The molecule has 28 heavy (non-hydrogen) atoms. The molecule has 2 aliphatic rings. The zero-order valence-corrected chi connectivity index (χ0v) is 15.2. The van der Waals surface area contributed by atoms with Crippen LogP contribution in [0.5, 0.6) is 5.75 Å². The number of hydrogen-bond acceptors (Lipinski definition) is 5. The van der Waals surface area contributed by atoms with Crippen molar-refractivity contribution in [1.29, 1.82) is 0 Å². The molecule has 154 valence electrons. The van der Waals surface area contributed by atoms with Gasteiger partial charge in [0.05, 0.1) is 32.2 Å². The first-order chi connectivity index (χ1) is 13.2. The molecule has 0 spiro atoms. The number of ether oxygens (including phenoxy) is 2. The Kier molecular flexibility index (Phi) is 5.69. The molecule has 2 atom stereocenters. The normalized spacial score (nSPS) is 23.2. The van der Waals surface area contributed by atoms with E-state index in [1.807, 2.05) is 0 Å². The van der Waals surface area contributed by atoms with Gasteiger partial charge >= 0.3 is 18.4 Å². The molecule has 1 aromatic carbocycles. The van der Waals surface area contributed by atoms with E-state index in [-0.39, 0.29) is 37.3 Å². The fraction of sp³-hybridized carbons (Fsp3) is 0.556. The number of likely N-dealkylation sites (tertiary alicyclic amines) is 2. The molecule has 0 bridgehead atoms. The lowest BCUT2D eigenvalue weighted by molar-refractivity contribution is -0.274. The Bertz CT molecular complexity index is 719. The number of piperidine rings is 1. The van der Waals surface area contributed by atoms with Crippen molar-refractivity contribution in [2.24, 2.45) is 5.92 Å². The van der Waals surface area contributed by atoms with Crippen LogP contribution in [0.3, 0.4) is 0 Å². The van der Waals surface area contributed by atoms with Crippen LogP contribution in [-0.2, 0) is 9.53 Å². The molecular formula is C18H21F3N2O5. The molecule has 0 saturated carbocycles. The maximum atomic E-state index is 12.6. The lowest BCUT2D eigenvalue weighted by Crippen LogP contribution is -2.59. The van der Waals surface area contributed by atoms with Gasteiger partial charge in [0.15, 0.2) is 0 Å². The molecule has 2 saturated heterocycles. The number of carbonyl (C=O) groups is 2. The van der Waals surface area contributed by atoms with Crippen LogP contribution in [0.4, 0.5) is 18.0 Å². The van der Waals surface area contributed by atoms with Crippen molar-refractivity contribution in [1.82, 2.24) is 9.80 Å². The number of hydrogen-bond donors (Lipinski definition) is 1. The van der Waals surface area contributed by atoms with Crippen LogP contribution in [0.2, 0.25) is 0 Å². The second-order valence-electron chi connectivity index (χ2n) is 7.02. The van der Waals surface area contributed by atoms with Crippen LogP contribution >= 0.6 is 0 Å². The number of carbonyl (C=O) groups excluding carboxylic acids is 2. The average Bonchev–Trinajstić information content (AvgIpc) is 2.63. The number of benzene rings is 1. The van der Waals surface area contributed by atoms with E-state index in [0.29, 0.717) is 18.5 Å². The van der Waals surface area contributed by atoms with Crippen molar-refractivity contribution in [2.75, 3.05) is 33.3 Å². The van der Waals surface area contributed by atoms with E-state index in [2.05, 4.69) is 4.74 Å². The highest BCUT2D eigenvalue weighted by Gasteiger charge is 2.39. The van der Waals surface area contributed by atoms with E-state index in [9.17, 15) is 27.9 Å². The van der Waals surface area contributed by atoms with Gasteiger partial charge in [-0.3, -0.25) is 4.79 Å². The summed E-state index contributed by atoms with van der Waals surface area (Å²) in [5, 5.41) is 9.40. The summed E-state index contributed by atoms with van der Waals surface area (Å²) in [7, 11) is 1.27. The van der Waals surface area contributed by atoms with Gasteiger partial charge in [0.25, 0.3) is 0 Å². The summed E-state index contributed by atoms with van der Waals surface area (Å²) in [5.74, 6) is -1.56. The number of β-amino-alcohol motifs (C(OH)–C–C–N with tert-alkyl or cyclic N) is 1. The molecule has 3 rings (SSSR count). The molecule has 1 N–H and O–H groups in total. The molecule has 10 heteroatoms. The number of methoxy groups -OCH3 is 1. The third-order valence-corrected chi connectivity index (χ3v) is 4.97. The van der Waals surface area contributed by atoms with Crippen molar-refractivity contribution in [3.05, 3.63) is 29.8 Å². The molecule has 0 aliphatic carbocycles. The van der Waals surface area contributed by atoms with Crippen LogP contribution in [0, 0.1) is 5.92 Å². The zero-order valence-electron chi connectivity index (χ0n) is 15.2. The second kappa shape index (κ2) is 7.86. The van der Waals surface area contributed by atoms with Crippen molar-refractivity contribution in [2.45, 2.75) is 24.8 Å². The van der Waals surface area contributed by atoms with E-state index in [4.69, 9.17) is 4.74 Å². The number of amides is 2. The standard InChI is InChI=1S/C18H21F3N2O5/c1-27-16(25)13-6-12(7-22(8-13)17(26)23-9-14(24)10-23)11-2-4-15(5-3-11)28-18(19,20)21/h2-5,12-14,24H,6-10H2,1H3. The summed E-state index contributed by atoms with van der Waals surface area (Å²) in [6.07, 6.45) is -4.89. The minimum absolute atomic E-state index is 0.198. The summed E-state index contributed by atoms with van der Waals surface area (Å²) < 4.78 is 45.6. The molecule has 2 heterocycles. The smallest absolute Gasteiger partial charge is 0.469 e. The molecule has 2 aliphatic heterocycles. The number of aliphatic hydroxyl groups is 1. The number of esters is 1. The van der Waals surface area contributed by atoms with Crippen LogP contribution in [0.15, 0.2) is 24.3 Å². The average molecular weight is 402 g/mol. The Morgan fingerprint density at radius 2 is 1.68 bits per heavy atom. The van der Waals surface area contributed by atoms with Gasteiger partial charge < -0.3 is 24.4 Å². The second-order valence-corrected chi connectivity index (χ2v) is 7.02. The monoisotopic (exact) mass is 402 g/mol. The topological polar surface area (TPSA) is 79.3 Å². The summed E-state index contributed by atoms with van der Waals surface area (Å²) in [6, 6.07) is 5.15. The third kappa shape index (κ3) is 4.67. The summed E-state index contributed by atoms with van der Waals surface area (Å²) in [4.78, 5) is 27.7. The van der Waals surface area contributed by atoms with E-state index < -0.39 is 24.4 Å². The van der Waals surface area contributed by atoms with Crippen molar-refractivity contribution < 1.29 is 37.3 Å². The van der Waals surface area contributed by atoms with Crippen LogP contribution in [0.25, 0.3) is 0 Å². The van der Waals surface area contributed by atoms with Crippen LogP contribution < -0.4 is 4.74 Å². The van der Waals surface area contributed by atoms with Crippen molar-refractivity contribution in [3.63, 3.8) is 0 Å². The summed E-state index contributed by atoms with van der Waals surface area (Å²) in [6.45, 7) is 1.00. The minimum atomic E-state index is -4.77. The number of urea groups is 1. The SMILES string of the molecule is COC(=O)C1CC(c2ccc(OC(F)(F)F)cc2)CN(C(=O)N2CC(O)C2)C1. The largest absolute Gasteiger partial charge is 0.573 e. The minimum Gasteiger partial charge on any atom is -0.469 e. The number of aliphatic hydroxyl groups excluding tert-OH is 1. The van der Waals surface area contributed by atoms with Gasteiger partial charge in [-0.2, -0.15) is 0 Å². The highest BCUT2D eigenvalue weighted by atomic mass is 19.4. The van der Waals surface area contributed by atoms with Crippen molar-refractivity contribution >= 4 is 12.0 Å². The van der Waals surface area contributed by atoms with E-state index in [0.717, 1.165) is 0 Å². The molecule has 2 amide bonds. The molecule has 2 unspecified atom stereocenters. The fourth-order valence-corrected chi connectivity index (χ4v) is 3.59. The predicted octanol–water partition coefficient (Wildman–Crippen LogP) is 1.96.